The van der Waals surface area contributed by atoms with Crippen LogP contribution in [0.15, 0.2) is 48.5 Å². The molecule has 3 rings (SSSR count). The monoisotopic (exact) mass is 396 g/mol. The number of para-hydroxylation sites is 1. The summed E-state index contributed by atoms with van der Waals surface area (Å²) >= 11 is 0. The molecular formula is C18H21ClN2O4S. The van der Waals surface area contributed by atoms with Crippen LogP contribution in [0.2, 0.25) is 0 Å². The summed E-state index contributed by atoms with van der Waals surface area (Å²) in [6, 6.07) is 14.0. The number of carbonyl (C=O) groups is 1. The Morgan fingerprint density at radius 2 is 1.96 bits per heavy atom. The summed E-state index contributed by atoms with van der Waals surface area (Å²) in [6.07, 6.45) is 0. The van der Waals surface area contributed by atoms with E-state index in [1.165, 1.54) is 11.4 Å². The van der Waals surface area contributed by atoms with E-state index in [-0.39, 0.29) is 18.2 Å². The van der Waals surface area contributed by atoms with Crippen LogP contribution in [0.3, 0.4) is 0 Å². The second-order valence-corrected chi connectivity index (χ2v) is 7.72. The van der Waals surface area contributed by atoms with Crippen LogP contribution in [0.5, 0.6) is 0 Å². The zero-order valence-electron chi connectivity index (χ0n) is 14.3. The third-order valence-electron chi connectivity index (χ3n) is 4.10. The molecule has 0 spiro atoms. The number of fused-ring (bicyclic) bond motifs is 1. The van der Waals surface area contributed by atoms with E-state index in [1.54, 1.807) is 24.3 Å². The van der Waals surface area contributed by atoms with E-state index < -0.39 is 16.0 Å². The number of ether oxygens (including phenoxy) is 1. The molecule has 0 radical (unpaired) electrons. The van der Waals surface area contributed by atoms with Crippen molar-refractivity contribution in [2.24, 2.45) is 0 Å². The van der Waals surface area contributed by atoms with E-state index >= 15 is 0 Å². The summed E-state index contributed by atoms with van der Waals surface area (Å²) < 4.78 is 32.2. The van der Waals surface area contributed by atoms with Gasteiger partial charge in [-0.2, -0.15) is 0 Å². The summed E-state index contributed by atoms with van der Waals surface area (Å²) in [5, 5.41) is 3.23. The van der Waals surface area contributed by atoms with Gasteiger partial charge >= 0.3 is 5.97 Å². The van der Waals surface area contributed by atoms with Crippen LogP contribution in [0, 0.1) is 0 Å². The van der Waals surface area contributed by atoms with Gasteiger partial charge in [-0.15, -0.1) is 12.4 Å². The highest BCUT2D eigenvalue weighted by Crippen LogP contribution is 2.26. The zero-order valence-corrected chi connectivity index (χ0v) is 16.0. The highest BCUT2D eigenvalue weighted by molar-refractivity contribution is 7.92. The minimum atomic E-state index is -3.58. The Morgan fingerprint density at radius 3 is 2.73 bits per heavy atom. The predicted octanol–water partition coefficient (Wildman–Crippen LogP) is 2.33. The lowest BCUT2D eigenvalue weighted by Gasteiger charge is -2.24. The Hall–Kier alpha value is -2.09. The molecule has 0 aromatic heterocycles. The van der Waals surface area contributed by atoms with Crippen LogP contribution in [0.1, 0.15) is 21.5 Å². The molecular weight excluding hydrogens is 376 g/mol. The highest BCUT2D eigenvalue weighted by Gasteiger charge is 2.26. The van der Waals surface area contributed by atoms with Gasteiger partial charge in [-0.25, -0.2) is 13.2 Å². The molecule has 0 bridgehead atoms. The van der Waals surface area contributed by atoms with E-state index in [9.17, 15) is 13.2 Å². The van der Waals surface area contributed by atoms with Gasteiger partial charge in [-0.1, -0.05) is 30.3 Å². The maximum Gasteiger partial charge on any atom is 0.337 e. The fourth-order valence-electron chi connectivity index (χ4n) is 2.91. The lowest BCUT2D eigenvalue weighted by atomic mass is 10.1. The standard InChI is InChI=1S/C18H20N2O4S.ClH/c1-24-18(21)15-7-4-5-14(11-15)13-25(22,23)20-10-9-19-12-16-6-2-3-8-17(16)20;/h2-8,11,19H,9-10,12-13H2,1H3;1H. The van der Waals surface area contributed by atoms with E-state index in [4.69, 9.17) is 4.74 Å². The Kier molecular flexibility index (Phi) is 6.63. The number of hydrogen-bond donors (Lipinski definition) is 1. The van der Waals surface area contributed by atoms with Crippen molar-refractivity contribution in [3.8, 4) is 0 Å². The molecule has 2 aromatic carbocycles. The van der Waals surface area contributed by atoms with Crippen molar-refractivity contribution in [3.63, 3.8) is 0 Å². The van der Waals surface area contributed by atoms with Crippen LogP contribution in [-0.4, -0.2) is 34.6 Å². The van der Waals surface area contributed by atoms with E-state index in [2.05, 4.69) is 5.32 Å². The lowest BCUT2D eigenvalue weighted by molar-refractivity contribution is 0.0600. The molecule has 2 aromatic rings. The number of rotatable bonds is 4. The zero-order chi connectivity index (χ0) is 17.9. The van der Waals surface area contributed by atoms with Gasteiger partial charge in [0.25, 0.3) is 0 Å². The fraction of sp³-hybridized carbons (Fsp3) is 0.278. The van der Waals surface area contributed by atoms with Gasteiger partial charge in [-0.3, -0.25) is 4.31 Å². The SMILES string of the molecule is COC(=O)c1cccc(CS(=O)(=O)N2CCNCc3ccccc32)c1.Cl. The Bertz CT molecular complexity index is 886. The molecule has 26 heavy (non-hydrogen) atoms. The number of carbonyl (C=O) groups excluding carboxylic acids is 1. The molecule has 6 nitrogen and oxygen atoms in total. The third kappa shape index (κ3) is 4.35. The molecule has 1 N–H and O–H groups in total. The van der Waals surface area contributed by atoms with E-state index in [0.29, 0.717) is 36.4 Å². The van der Waals surface area contributed by atoms with Crippen molar-refractivity contribution in [2.75, 3.05) is 24.5 Å². The lowest BCUT2D eigenvalue weighted by Crippen LogP contribution is -2.35. The number of methoxy groups -OCH3 is 1. The molecule has 0 fully saturated rings. The maximum atomic E-state index is 13.0. The molecule has 8 heteroatoms. The van der Waals surface area contributed by atoms with Crippen LogP contribution in [-0.2, 0) is 27.1 Å². The van der Waals surface area contributed by atoms with Gasteiger partial charge in [0.2, 0.25) is 10.0 Å². The molecule has 0 saturated heterocycles. The van der Waals surface area contributed by atoms with Gasteiger partial charge in [-0.05, 0) is 29.3 Å². The Labute approximate surface area is 159 Å². The number of benzene rings is 2. The van der Waals surface area contributed by atoms with Crippen LogP contribution in [0.4, 0.5) is 5.69 Å². The number of esters is 1. The van der Waals surface area contributed by atoms with Gasteiger partial charge < -0.3 is 10.1 Å². The number of sulfonamides is 1. The summed E-state index contributed by atoms with van der Waals surface area (Å²) in [6.45, 7) is 1.59. The first-order valence-corrected chi connectivity index (χ1v) is 9.58. The smallest absolute Gasteiger partial charge is 0.337 e. The summed E-state index contributed by atoms with van der Waals surface area (Å²) in [4.78, 5) is 11.7. The number of halogens is 1. The summed E-state index contributed by atoms with van der Waals surface area (Å²) in [7, 11) is -2.28. The maximum absolute atomic E-state index is 13.0. The Morgan fingerprint density at radius 1 is 1.19 bits per heavy atom. The molecule has 1 aliphatic rings. The van der Waals surface area contributed by atoms with E-state index in [1.807, 2.05) is 24.3 Å². The van der Waals surface area contributed by atoms with Gasteiger partial charge in [0.15, 0.2) is 0 Å². The normalized spacial score (nSPS) is 14.0. The van der Waals surface area contributed by atoms with Crippen molar-refractivity contribution >= 4 is 34.1 Å². The minimum Gasteiger partial charge on any atom is -0.465 e. The van der Waals surface area contributed by atoms with Crippen LogP contribution >= 0.6 is 12.4 Å². The molecule has 0 saturated carbocycles. The van der Waals surface area contributed by atoms with Crippen molar-refractivity contribution in [1.29, 1.82) is 0 Å². The first kappa shape index (κ1) is 20.2. The highest BCUT2D eigenvalue weighted by atomic mass is 35.5. The minimum absolute atomic E-state index is 0. The quantitative estimate of drug-likeness (QED) is 0.803. The Balaban J connectivity index is 0.00000243. The van der Waals surface area contributed by atoms with Crippen molar-refractivity contribution in [1.82, 2.24) is 5.32 Å². The third-order valence-corrected chi connectivity index (χ3v) is 5.85. The van der Waals surface area contributed by atoms with Crippen molar-refractivity contribution < 1.29 is 17.9 Å². The summed E-state index contributed by atoms with van der Waals surface area (Å²) in [5.41, 5.74) is 2.55. The number of hydrogen-bond acceptors (Lipinski definition) is 5. The van der Waals surface area contributed by atoms with Crippen molar-refractivity contribution in [2.45, 2.75) is 12.3 Å². The second kappa shape index (κ2) is 8.53. The predicted molar refractivity (Wildman–Crippen MR) is 103 cm³/mol. The van der Waals surface area contributed by atoms with Gasteiger partial charge in [0.1, 0.15) is 0 Å². The fourth-order valence-corrected chi connectivity index (χ4v) is 4.52. The second-order valence-electron chi connectivity index (χ2n) is 5.83. The topological polar surface area (TPSA) is 75.7 Å². The largest absolute Gasteiger partial charge is 0.465 e. The number of anilines is 1. The average Bonchev–Trinajstić information content (AvgIpc) is 2.84. The molecule has 0 unspecified atom stereocenters. The van der Waals surface area contributed by atoms with Gasteiger partial charge in [0, 0.05) is 19.6 Å². The first-order valence-electron chi connectivity index (χ1n) is 7.97. The molecule has 1 aliphatic heterocycles. The number of nitrogens with zero attached hydrogens (tertiary/aromatic N) is 1. The number of nitrogens with one attached hydrogen (secondary N) is 1. The van der Waals surface area contributed by atoms with Crippen LogP contribution in [0.25, 0.3) is 0 Å². The van der Waals surface area contributed by atoms with E-state index in [0.717, 1.165) is 5.56 Å². The molecule has 0 aliphatic carbocycles. The first-order chi connectivity index (χ1) is 12.0. The summed E-state index contributed by atoms with van der Waals surface area (Å²) in [5.74, 6) is -0.657. The van der Waals surface area contributed by atoms with Gasteiger partial charge in [0.05, 0.1) is 24.1 Å². The molecule has 1 heterocycles. The molecule has 0 atom stereocenters. The van der Waals surface area contributed by atoms with Crippen molar-refractivity contribution in [3.05, 3.63) is 65.2 Å². The molecule has 0 amide bonds. The van der Waals surface area contributed by atoms with Crippen LogP contribution < -0.4 is 9.62 Å². The average molecular weight is 397 g/mol. The molecule has 140 valence electrons.